The summed E-state index contributed by atoms with van der Waals surface area (Å²) in [6.07, 6.45) is 1.37. The van der Waals surface area contributed by atoms with E-state index < -0.39 is 0 Å². The van der Waals surface area contributed by atoms with Crippen molar-refractivity contribution in [3.8, 4) is 6.07 Å². The van der Waals surface area contributed by atoms with E-state index in [1.54, 1.807) is 23.1 Å². The molecule has 0 radical (unpaired) electrons. The zero-order chi connectivity index (χ0) is 17.3. The highest BCUT2D eigenvalue weighted by molar-refractivity contribution is 6.07. The molecule has 1 aliphatic heterocycles. The Balaban J connectivity index is 1.97. The van der Waals surface area contributed by atoms with Crippen LogP contribution in [0.25, 0.3) is 0 Å². The highest BCUT2D eigenvalue weighted by atomic mass is 16.2. The number of amides is 1. The van der Waals surface area contributed by atoms with Crippen molar-refractivity contribution >= 4 is 11.6 Å². The van der Waals surface area contributed by atoms with Gasteiger partial charge >= 0.3 is 0 Å². The van der Waals surface area contributed by atoms with Crippen molar-refractivity contribution < 1.29 is 4.79 Å². The van der Waals surface area contributed by atoms with Gasteiger partial charge < -0.3 is 9.88 Å². The summed E-state index contributed by atoms with van der Waals surface area (Å²) < 4.78 is 0. The third-order valence-corrected chi connectivity index (χ3v) is 4.17. The van der Waals surface area contributed by atoms with Crippen molar-refractivity contribution in [2.45, 2.75) is 26.7 Å². The fraction of sp³-hybridized carbons (Fsp3) is 0.316. The molecule has 2 aromatic rings. The molecular weight excluding hydrogens is 302 g/mol. The Hall–Kier alpha value is -2.87. The van der Waals surface area contributed by atoms with Gasteiger partial charge in [-0.25, -0.2) is 0 Å². The zero-order valence-electron chi connectivity index (χ0n) is 13.8. The topological polar surface area (TPSA) is 77.0 Å². The van der Waals surface area contributed by atoms with E-state index in [0.29, 0.717) is 36.4 Å². The molecule has 2 heterocycles. The molecular formula is C19H19N3O2. The maximum absolute atomic E-state index is 12.9. The van der Waals surface area contributed by atoms with Crippen LogP contribution >= 0.6 is 0 Å². The van der Waals surface area contributed by atoms with Gasteiger partial charge in [0, 0.05) is 29.6 Å². The predicted octanol–water partition coefficient (Wildman–Crippen LogP) is 2.65. The maximum Gasteiger partial charge on any atom is 0.258 e. The lowest BCUT2D eigenvalue weighted by molar-refractivity contribution is 0.0989. The van der Waals surface area contributed by atoms with Crippen molar-refractivity contribution in [2.75, 3.05) is 11.4 Å². The van der Waals surface area contributed by atoms with Crippen LogP contribution in [-0.2, 0) is 12.8 Å². The number of rotatable bonds is 3. The van der Waals surface area contributed by atoms with Crippen molar-refractivity contribution in [1.82, 2.24) is 4.98 Å². The number of aromatic amines is 1. The van der Waals surface area contributed by atoms with Crippen molar-refractivity contribution in [3.05, 3.63) is 63.1 Å². The lowest BCUT2D eigenvalue weighted by Crippen LogP contribution is -2.30. The van der Waals surface area contributed by atoms with E-state index >= 15 is 0 Å². The van der Waals surface area contributed by atoms with Crippen LogP contribution in [-0.4, -0.2) is 17.4 Å². The molecule has 122 valence electrons. The van der Waals surface area contributed by atoms with E-state index in [1.165, 1.54) is 6.07 Å². The number of benzene rings is 1. The lowest BCUT2D eigenvalue weighted by atomic mass is 10.1. The summed E-state index contributed by atoms with van der Waals surface area (Å²) in [5.41, 5.74) is 3.18. The summed E-state index contributed by atoms with van der Waals surface area (Å²) in [7, 11) is 0. The molecule has 1 aliphatic rings. The van der Waals surface area contributed by atoms with Crippen molar-refractivity contribution in [3.63, 3.8) is 0 Å². The Morgan fingerprint density at radius 2 is 2.17 bits per heavy atom. The van der Waals surface area contributed by atoms with Crippen molar-refractivity contribution in [2.24, 2.45) is 5.92 Å². The Morgan fingerprint density at radius 3 is 2.88 bits per heavy atom. The number of nitrogens with one attached hydrogen (secondary N) is 1. The number of anilines is 1. The van der Waals surface area contributed by atoms with Gasteiger partial charge in [-0.15, -0.1) is 0 Å². The fourth-order valence-electron chi connectivity index (χ4n) is 3.18. The first-order chi connectivity index (χ1) is 11.5. The van der Waals surface area contributed by atoms with Gasteiger partial charge in [-0.05, 0) is 42.5 Å². The summed E-state index contributed by atoms with van der Waals surface area (Å²) in [4.78, 5) is 29.2. The molecule has 0 unspecified atom stereocenters. The van der Waals surface area contributed by atoms with Gasteiger partial charge in [0.1, 0.15) is 0 Å². The van der Waals surface area contributed by atoms with Gasteiger partial charge in [0.2, 0.25) is 5.56 Å². The van der Waals surface area contributed by atoms with E-state index in [9.17, 15) is 14.9 Å². The minimum Gasteiger partial charge on any atom is -0.326 e. The van der Waals surface area contributed by atoms with Gasteiger partial charge in [0.15, 0.2) is 0 Å². The smallest absolute Gasteiger partial charge is 0.258 e. The summed E-state index contributed by atoms with van der Waals surface area (Å²) in [5, 5.41) is 9.20. The molecule has 1 N–H and O–H groups in total. The van der Waals surface area contributed by atoms with E-state index in [2.05, 4.69) is 24.9 Å². The molecule has 1 amide bonds. The SMILES string of the molecule is CC(C)Cc1cc(C(=O)N2CCc3c(C#N)cccc32)cc(=O)[nH]1. The number of aromatic nitrogens is 1. The molecule has 0 bridgehead atoms. The van der Waals surface area contributed by atoms with Gasteiger partial charge in [0.05, 0.1) is 11.6 Å². The molecule has 0 saturated carbocycles. The molecule has 0 fully saturated rings. The number of hydrogen-bond donors (Lipinski definition) is 1. The summed E-state index contributed by atoms with van der Waals surface area (Å²) in [5.74, 6) is 0.191. The molecule has 0 atom stereocenters. The molecule has 0 spiro atoms. The molecule has 5 heteroatoms. The Labute approximate surface area is 140 Å². The quantitative estimate of drug-likeness (QED) is 0.944. The number of H-pyrrole nitrogens is 1. The van der Waals surface area contributed by atoms with E-state index in [0.717, 1.165) is 16.9 Å². The third kappa shape index (κ3) is 2.95. The molecule has 3 rings (SSSR count). The first-order valence-electron chi connectivity index (χ1n) is 8.06. The van der Waals surface area contributed by atoms with Crippen LogP contribution in [0.2, 0.25) is 0 Å². The van der Waals surface area contributed by atoms with E-state index in [1.807, 2.05) is 6.07 Å². The standard InChI is InChI=1S/C19H19N3O2/c1-12(2)8-15-9-14(10-18(23)21-15)19(24)22-7-6-16-13(11-20)4-3-5-17(16)22/h3-5,9-10,12H,6-8H2,1-2H3,(H,21,23). The molecule has 24 heavy (non-hydrogen) atoms. The van der Waals surface area contributed by atoms with Crippen LogP contribution in [0.3, 0.4) is 0 Å². The van der Waals surface area contributed by atoms with Crippen LogP contribution < -0.4 is 10.5 Å². The number of hydrogen-bond acceptors (Lipinski definition) is 3. The molecule has 0 saturated heterocycles. The van der Waals surface area contributed by atoms with Crippen LogP contribution in [0.15, 0.2) is 35.1 Å². The largest absolute Gasteiger partial charge is 0.326 e. The second-order valence-corrected chi connectivity index (χ2v) is 6.48. The highest BCUT2D eigenvalue weighted by Gasteiger charge is 2.27. The monoisotopic (exact) mass is 321 g/mol. The number of carbonyl (C=O) groups excluding carboxylic acids is 1. The predicted molar refractivity (Wildman–Crippen MR) is 92.1 cm³/mol. The number of nitrogens with zero attached hydrogens (tertiary/aromatic N) is 2. The number of nitriles is 1. The van der Waals surface area contributed by atoms with Crippen molar-refractivity contribution in [1.29, 1.82) is 5.26 Å². The van der Waals surface area contributed by atoms with Gasteiger partial charge in [-0.2, -0.15) is 5.26 Å². The van der Waals surface area contributed by atoms with E-state index in [-0.39, 0.29) is 11.5 Å². The Bertz CT molecular complexity index is 890. The second kappa shape index (κ2) is 6.32. The fourth-order valence-corrected chi connectivity index (χ4v) is 3.18. The van der Waals surface area contributed by atoms with Crippen LogP contribution in [0.5, 0.6) is 0 Å². The molecule has 1 aromatic carbocycles. The van der Waals surface area contributed by atoms with E-state index in [4.69, 9.17) is 0 Å². The molecule has 0 aliphatic carbocycles. The summed E-state index contributed by atoms with van der Waals surface area (Å²) >= 11 is 0. The first-order valence-corrected chi connectivity index (χ1v) is 8.06. The Kier molecular flexibility index (Phi) is 4.22. The molecule has 1 aromatic heterocycles. The first kappa shape index (κ1) is 16.0. The van der Waals surface area contributed by atoms with Crippen LogP contribution in [0, 0.1) is 17.2 Å². The number of carbonyl (C=O) groups is 1. The number of fused-ring (bicyclic) bond motifs is 1. The number of pyridine rings is 1. The zero-order valence-corrected chi connectivity index (χ0v) is 13.8. The van der Waals surface area contributed by atoms with Gasteiger partial charge in [0.25, 0.3) is 5.91 Å². The third-order valence-electron chi connectivity index (χ3n) is 4.17. The average Bonchev–Trinajstić information content (AvgIpc) is 2.96. The second-order valence-electron chi connectivity index (χ2n) is 6.48. The highest BCUT2D eigenvalue weighted by Crippen LogP contribution is 2.31. The summed E-state index contributed by atoms with van der Waals surface area (Å²) in [6.45, 7) is 4.65. The van der Waals surface area contributed by atoms with Crippen LogP contribution in [0.4, 0.5) is 5.69 Å². The van der Waals surface area contributed by atoms with Crippen LogP contribution in [0.1, 0.15) is 41.0 Å². The minimum atomic E-state index is -0.262. The van der Waals surface area contributed by atoms with Gasteiger partial charge in [-0.3, -0.25) is 9.59 Å². The normalized spacial score (nSPS) is 13.0. The summed E-state index contributed by atoms with van der Waals surface area (Å²) in [6, 6.07) is 10.7. The maximum atomic E-state index is 12.9. The molecule has 5 nitrogen and oxygen atoms in total. The Morgan fingerprint density at radius 1 is 1.38 bits per heavy atom. The average molecular weight is 321 g/mol. The minimum absolute atomic E-state index is 0.194. The van der Waals surface area contributed by atoms with Gasteiger partial charge in [-0.1, -0.05) is 19.9 Å². The lowest BCUT2D eigenvalue weighted by Gasteiger charge is -2.18.